The summed E-state index contributed by atoms with van der Waals surface area (Å²) in [6.07, 6.45) is 1.04. The predicted molar refractivity (Wildman–Crippen MR) is 53.8 cm³/mol. The summed E-state index contributed by atoms with van der Waals surface area (Å²) in [5.74, 6) is 0. The van der Waals surface area contributed by atoms with Crippen LogP contribution in [0.1, 0.15) is 33.1 Å². The Morgan fingerprint density at radius 2 is 2.00 bits per heavy atom. The number of ether oxygens (including phenoxy) is 1. The highest BCUT2D eigenvalue weighted by Gasteiger charge is 2.06. The zero-order valence-corrected chi connectivity index (χ0v) is 9.06. The molecule has 0 aliphatic heterocycles. The van der Waals surface area contributed by atoms with Crippen LogP contribution in [0.25, 0.3) is 0 Å². The van der Waals surface area contributed by atoms with Gasteiger partial charge in [-0.25, -0.2) is 8.78 Å². The maximum absolute atomic E-state index is 11.7. The Kier molecular flexibility index (Phi) is 9.19. The van der Waals surface area contributed by atoms with Gasteiger partial charge in [0.1, 0.15) is 6.61 Å². The monoisotopic (exact) mass is 209 g/mol. The van der Waals surface area contributed by atoms with Crippen molar-refractivity contribution in [3.8, 4) is 0 Å². The van der Waals surface area contributed by atoms with E-state index in [1.807, 2.05) is 0 Å². The van der Waals surface area contributed by atoms with Crippen molar-refractivity contribution in [2.45, 2.75) is 45.6 Å². The molecule has 0 aromatic heterocycles. The molecule has 0 bridgehead atoms. The lowest BCUT2D eigenvalue weighted by atomic mass is 10.2. The summed E-state index contributed by atoms with van der Waals surface area (Å²) >= 11 is 0. The molecule has 0 rings (SSSR count). The van der Waals surface area contributed by atoms with E-state index in [2.05, 4.69) is 12.2 Å². The van der Waals surface area contributed by atoms with Crippen LogP contribution in [0.5, 0.6) is 0 Å². The zero-order chi connectivity index (χ0) is 10.8. The number of nitrogens with one attached hydrogen (secondary N) is 1. The average Bonchev–Trinajstić information content (AvgIpc) is 2.14. The van der Waals surface area contributed by atoms with Crippen molar-refractivity contribution in [2.75, 3.05) is 19.7 Å². The van der Waals surface area contributed by atoms with Crippen LogP contribution in [-0.4, -0.2) is 32.2 Å². The van der Waals surface area contributed by atoms with Crippen molar-refractivity contribution in [3.63, 3.8) is 0 Å². The van der Waals surface area contributed by atoms with E-state index < -0.39 is 13.0 Å². The van der Waals surface area contributed by atoms with Gasteiger partial charge in [-0.2, -0.15) is 0 Å². The Labute approximate surface area is 85.0 Å². The molecule has 0 saturated carbocycles. The zero-order valence-electron chi connectivity index (χ0n) is 9.06. The van der Waals surface area contributed by atoms with Gasteiger partial charge in [0.15, 0.2) is 0 Å². The fourth-order valence-corrected chi connectivity index (χ4v) is 1.10. The lowest BCUT2D eigenvalue weighted by molar-refractivity contribution is -0.0163. The summed E-state index contributed by atoms with van der Waals surface area (Å²) in [5.41, 5.74) is 0. The molecule has 1 atom stereocenters. The van der Waals surface area contributed by atoms with E-state index in [-0.39, 0.29) is 6.10 Å². The minimum Gasteiger partial charge on any atom is -0.371 e. The third-order valence-electron chi connectivity index (χ3n) is 1.90. The smallest absolute Gasteiger partial charge is 0.261 e. The van der Waals surface area contributed by atoms with Crippen molar-refractivity contribution in [3.05, 3.63) is 0 Å². The van der Waals surface area contributed by atoms with Gasteiger partial charge >= 0.3 is 0 Å². The average molecular weight is 209 g/mol. The van der Waals surface area contributed by atoms with Crippen molar-refractivity contribution in [1.29, 1.82) is 0 Å². The second-order valence-corrected chi connectivity index (χ2v) is 3.45. The predicted octanol–water partition coefficient (Wildman–Crippen LogP) is 2.44. The molecular weight excluding hydrogens is 188 g/mol. The molecule has 0 radical (unpaired) electrons. The second-order valence-electron chi connectivity index (χ2n) is 3.45. The molecule has 4 heteroatoms. The van der Waals surface area contributed by atoms with Crippen LogP contribution in [0.3, 0.4) is 0 Å². The SMILES string of the molecule is CCCCCNCC(C)OCC(F)F. The maximum atomic E-state index is 11.7. The van der Waals surface area contributed by atoms with Crippen molar-refractivity contribution >= 4 is 0 Å². The molecule has 1 unspecified atom stereocenters. The topological polar surface area (TPSA) is 21.3 Å². The first-order valence-electron chi connectivity index (χ1n) is 5.27. The third-order valence-corrected chi connectivity index (χ3v) is 1.90. The van der Waals surface area contributed by atoms with Gasteiger partial charge in [0.2, 0.25) is 0 Å². The number of hydrogen-bond donors (Lipinski definition) is 1. The summed E-state index contributed by atoms with van der Waals surface area (Å²) in [6, 6.07) is 0. The fourth-order valence-electron chi connectivity index (χ4n) is 1.10. The Balaban J connectivity index is 3.14. The van der Waals surface area contributed by atoms with Gasteiger partial charge in [-0.15, -0.1) is 0 Å². The number of hydrogen-bond acceptors (Lipinski definition) is 2. The van der Waals surface area contributed by atoms with Gasteiger partial charge in [-0.05, 0) is 19.9 Å². The van der Waals surface area contributed by atoms with Crippen molar-refractivity contribution in [2.24, 2.45) is 0 Å². The molecule has 1 N–H and O–H groups in total. The second kappa shape index (κ2) is 9.34. The van der Waals surface area contributed by atoms with E-state index >= 15 is 0 Å². The highest BCUT2D eigenvalue weighted by molar-refractivity contribution is 4.55. The molecule has 0 aliphatic rings. The largest absolute Gasteiger partial charge is 0.371 e. The normalized spacial score (nSPS) is 13.5. The first-order valence-corrected chi connectivity index (χ1v) is 5.27. The van der Waals surface area contributed by atoms with Gasteiger partial charge in [-0.3, -0.25) is 0 Å². The molecule has 0 heterocycles. The Morgan fingerprint density at radius 3 is 2.57 bits per heavy atom. The molecule has 0 saturated heterocycles. The van der Waals surface area contributed by atoms with E-state index in [0.29, 0.717) is 6.54 Å². The molecule has 86 valence electrons. The lowest BCUT2D eigenvalue weighted by Gasteiger charge is -2.13. The van der Waals surface area contributed by atoms with Gasteiger partial charge < -0.3 is 10.1 Å². The maximum Gasteiger partial charge on any atom is 0.261 e. The summed E-state index contributed by atoms with van der Waals surface area (Å²) in [5, 5.41) is 3.17. The van der Waals surface area contributed by atoms with Crippen molar-refractivity contribution in [1.82, 2.24) is 5.32 Å². The molecule has 2 nitrogen and oxygen atoms in total. The standard InChI is InChI=1S/C10H21F2NO/c1-3-4-5-6-13-7-9(2)14-8-10(11)12/h9-10,13H,3-8H2,1-2H3. The van der Waals surface area contributed by atoms with E-state index in [9.17, 15) is 8.78 Å². The van der Waals surface area contributed by atoms with Crippen LogP contribution in [0.4, 0.5) is 8.78 Å². The van der Waals surface area contributed by atoms with Crippen LogP contribution in [0.15, 0.2) is 0 Å². The van der Waals surface area contributed by atoms with Gasteiger partial charge in [0, 0.05) is 6.54 Å². The number of halogens is 2. The Bertz CT molecular complexity index is 123. The highest BCUT2D eigenvalue weighted by Crippen LogP contribution is 1.97. The summed E-state index contributed by atoms with van der Waals surface area (Å²) < 4.78 is 28.4. The van der Waals surface area contributed by atoms with Crippen LogP contribution < -0.4 is 5.32 Å². The molecular formula is C10H21F2NO. The molecule has 14 heavy (non-hydrogen) atoms. The van der Waals surface area contributed by atoms with Crippen LogP contribution in [0, 0.1) is 0 Å². The van der Waals surface area contributed by atoms with Gasteiger partial charge in [0.25, 0.3) is 6.43 Å². The van der Waals surface area contributed by atoms with E-state index in [0.717, 1.165) is 13.0 Å². The van der Waals surface area contributed by atoms with E-state index in [1.165, 1.54) is 12.8 Å². The fraction of sp³-hybridized carbons (Fsp3) is 1.00. The van der Waals surface area contributed by atoms with E-state index in [4.69, 9.17) is 4.74 Å². The molecule has 0 aromatic rings. The number of unbranched alkanes of at least 4 members (excludes halogenated alkanes) is 2. The Hall–Kier alpha value is -0.220. The van der Waals surface area contributed by atoms with Gasteiger partial charge in [-0.1, -0.05) is 19.8 Å². The molecule has 0 fully saturated rings. The first-order chi connectivity index (χ1) is 6.66. The highest BCUT2D eigenvalue weighted by atomic mass is 19.3. The van der Waals surface area contributed by atoms with Crippen LogP contribution >= 0.6 is 0 Å². The van der Waals surface area contributed by atoms with Crippen LogP contribution in [0.2, 0.25) is 0 Å². The first kappa shape index (κ1) is 13.8. The quantitative estimate of drug-likeness (QED) is 0.589. The third kappa shape index (κ3) is 9.86. The lowest BCUT2D eigenvalue weighted by Crippen LogP contribution is -2.28. The molecule has 0 aromatic carbocycles. The Morgan fingerprint density at radius 1 is 1.29 bits per heavy atom. The van der Waals surface area contributed by atoms with Crippen molar-refractivity contribution < 1.29 is 13.5 Å². The minimum absolute atomic E-state index is 0.134. The van der Waals surface area contributed by atoms with Gasteiger partial charge in [0.05, 0.1) is 6.10 Å². The summed E-state index contributed by atoms with van der Waals surface area (Å²) in [4.78, 5) is 0. The number of alkyl halides is 2. The van der Waals surface area contributed by atoms with E-state index in [1.54, 1.807) is 6.92 Å². The summed E-state index contributed by atoms with van der Waals surface area (Å²) in [6.45, 7) is 5.08. The van der Waals surface area contributed by atoms with Crippen LogP contribution in [-0.2, 0) is 4.74 Å². The number of rotatable bonds is 9. The molecule has 0 aliphatic carbocycles. The summed E-state index contributed by atoms with van der Waals surface area (Å²) in [7, 11) is 0. The molecule has 0 spiro atoms. The molecule has 0 amide bonds. The minimum atomic E-state index is -2.36.